The van der Waals surface area contributed by atoms with E-state index in [0.29, 0.717) is 6.42 Å². The van der Waals surface area contributed by atoms with Crippen molar-refractivity contribution in [1.82, 2.24) is 10.2 Å². The van der Waals surface area contributed by atoms with E-state index in [-0.39, 0.29) is 5.91 Å². The molecule has 1 amide bonds. The van der Waals surface area contributed by atoms with E-state index in [1.807, 2.05) is 24.5 Å². The summed E-state index contributed by atoms with van der Waals surface area (Å²) in [4.78, 5) is 11.9. The lowest BCUT2D eigenvalue weighted by Gasteiger charge is -2.12. The predicted octanol–water partition coefficient (Wildman–Crippen LogP) is 1.58. The molecule has 0 radical (unpaired) electrons. The molecule has 2 aromatic rings. The van der Waals surface area contributed by atoms with Gasteiger partial charge in [-0.2, -0.15) is 16.9 Å². The monoisotopic (exact) mass is 264 g/mol. The van der Waals surface area contributed by atoms with Crippen LogP contribution in [0.1, 0.15) is 6.42 Å². The summed E-state index contributed by atoms with van der Waals surface area (Å²) in [5, 5.41) is 10.6. The molecule has 6 heteroatoms. The van der Waals surface area contributed by atoms with Crippen LogP contribution in [0.3, 0.4) is 0 Å². The fourth-order valence-corrected chi connectivity index (χ4v) is 2.16. The number of nitrogens with two attached hydrogens (primary N) is 1. The van der Waals surface area contributed by atoms with E-state index in [1.54, 1.807) is 18.0 Å². The molecule has 5 nitrogen and oxygen atoms in total. The fourth-order valence-electron chi connectivity index (χ4n) is 1.67. The van der Waals surface area contributed by atoms with Gasteiger partial charge in [0.15, 0.2) is 0 Å². The molecule has 0 unspecified atom stereocenters. The second kappa shape index (κ2) is 5.88. The number of fused-ring (bicyclic) bond motifs is 1. The first kappa shape index (κ1) is 12.9. The Hall–Kier alpha value is -1.53. The van der Waals surface area contributed by atoms with E-state index in [0.717, 1.165) is 22.3 Å². The van der Waals surface area contributed by atoms with Crippen molar-refractivity contribution in [3.8, 4) is 0 Å². The smallest absolute Gasteiger partial charge is 0.241 e. The number of rotatable bonds is 5. The first-order valence-electron chi connectivity index (χ1n) is 5.70. The summed E-state index contributed by atoms with van der Waals surface area (Å²) in [7, 11) is 0. The average molecular weight is 264 g/mol. The summed E-state index contributed by atoms with van der Waals surface area (Å²) in [6.07, 6.45) is 4.39. The van der Waals surface area contributed by atoms with E-state index in [2.05, 4.69) is 15.5 Å². The van der Waals surface area contributed by atoms with Crippen LogP contribution in [0.25, 0.3) is 10.9 Å². The largest absolute Gasteiger partial charge is 0.323 e. The van der Waals surface area contributed by atoms with Crippen LogP contribution in [-0.4, -0.2) is 34.2 Å². The molecule has 1 aromatic carbocycles. The maximum Gasteiger partial charge on any atom is 0.241 e. The van der Waals surface area contributed by atoms with Gasteiger partial charge in [0.05, 0.1) is 23.4 Å². The van der Waals surface area contributed by atoms with Crippen molar-refractivity contribution < 1.29 is 4.79 Å². The Balaban J connectivity index is 2.09. The molecule has 2 rings (SSSR count). The molecule has 0 fully saturated rings. The highest BCUT2D eigenvalue weighted by atomic mass is 32.2. The van der Waals surface area contributed by atoms with Gasteiger partial charge >= 0.3 is 0 Å². The summed E-state index contributed by atoms with van der Waals surface area (Å²) >= 11 is 1.68. The minimum absolute atomic E-state index is 0.161. The molecule has 18 heavy (non-hydrogen) atoms. The first-order chi connectivity index (χ1) is 8.72. The number of anilines is 1. The molecular formula is C12H16N4OS. The lowest BCUT2D eigenvalue weighted by molar-refractivity contribution is -0.117. The second-order valence-corrected chi connectivity index (χ2v) is 5.00. The number of aromatic amines is 1. The van der Waals surface area contributed by atoms with Crippen molar-refractivity contribution in [2.24, 2.45) is 5.73 Å². The number of benzene rings is 1. The van der Waals surface area contributed by atoms with Crippen molar-refractivity contribution in [2.45, 2.75) is 12.5 Å². The minimum Gasteiger partial charge on any atom is -0.323 e. The van der Waals surface area contributed by atoms with Gasteiger partial charge in [-0.05, 0) is 24.5 Å². The summed E-state index contributed by atoms with van der Waals surface area (Å²) in [5.41, 5.74) is 7.36. The number of thioether (sulfide) groups is 1. The van der Waals surface area contributed by atoms with Gasteiger partial charge in [0, 0.05) is 5.39 Å². The zero-order chi connectivity index (χ0) is 13.0. The predicted molar refractivity (Wildman–Crippen MR) is 75.7 cm³/mol. The van der Waals surface area contributed by atoms with Gasteiger partial charge in [-0.3, -0.25) is 9.89 Å². The molecule has 0 saturated heterocycles. The van der Waals surface area contributed by atoms with Gasteiger partial charge in [-0.25, -0.2) is 0 Å². The van der Waals surface area contributed by atoms with Crippen LogP contribution in [-0.2, 0) is 4.79 Å². The summed E-state index contributed by atoms with van der Waals surface area (Å²) in [5.74, 6) is 0.717. The summed E-state index contributed by atoms with van der Waals surface area (Å²) in [6, 6.07) is 5.17. The molecule has 96 valence electrons. The number of hydrogen-bond donors (Lipinski definition) is 3. The number of aromatic nitrogens is 2. The number of amides is 1. The van der Waals surface area contributed by atoms with Gasteiger partial charge in [0.25, 0.3) is 0 Å². The van der Waals surface area contributed by atoms with Gasteiger partial charge in [0.1, 0.15) is 0 Å². The molecule has 1 aromatic heterocycles. The van der Waals surface area contributed by atoms with Gasteiger partial charge in [0.2, 0.25) is 5.91 Å². The molecule has 0 spiro atoms. The third-order valence-corrected chi connectivity index (χ3v) is 3.35. The number of nitrogens with one attached hydrogen (secondary N) is 2. The molecule has 1 heterocycles. The van der Waals surface area contributed by atoms with Crippen molar-refractivity contribution in [3.05, 3.63) is 24.4 Å². The van der Waals surface area contributed by atoms with E-state index in [9.17, 15) is 4.79 Å². The quantitative estimate of drug-likeness (QED) is 0.765. The van der Waals surface area contributed by atoms with Crippen LogP contribution >= 0.6 is 11.8 Å². The Bertz CT molecular complexity index is 540. The molecule has 0 aliphatic carbocycles. The topological polar surface area (TPSA) is 83.8 Å². The molecule has 1 atom stereocenters. The lowest BCUT2D eigenvalue weighted by Crippen LogP contribution is -2.36. The lowest BCUT2D eigenvalue weighted by atomic mass is 10.2. The summed E-state index contributed by atoms with van der Waals surface area (Å²) in [6.45, 7) is 0. The second-order valence-electron chi connectivity index (χ2n) is 4.02. The molecule has 0 bridgehead atoms. The zero-order valence-electron chi connectivity index (χ0n) is 10.1. The highest BCUT2D eigenvalue weighted by Crippen LogP contribution is 2.20. The maximum absolute atomic E-state index is 11.9. The van der Waals surface area contributed by atoms with Crippen LogP contribution in [0.15, 0.2) is 24.4 Å². The molecular weight excluding hydrogens is 248 g/mol. The number of H-pyrrole nitrogens is 1. The molecule has 0 aliphatic rings. The van der Waals surface area contributed by atoms with Crippen molar-refractivity contribution >= 4 is 34.3 Å². The van der Waals surface area contributed by atoms with Gasteiger partial charge in [-0.15, -0.1) is 0 Å². The van der Waals surface area contributed by atoms with E-state index in [1.165, 1.54) is 0 Å². The maximum atomic E-state index is 11.9. The molecule has 4 N–H and O–H groups in total. The van der Waals surface area contributed by atoms with Gasteiger partial charge < -0.3 is 11.1 Å². The van der Waals surface area contributed by atoms with Gasteiger partial charge in [-0.1, -0.05) is 12.1 Å². The van der Waals surface area contributed by atoms with E-state index >= 15 is 0 Å². The Morgan fingerprint density at radius 2 is 2.44 bits per heavy atom. The summed E-state index contributed by atoms with van der Waals surface area (Å²) < 4.78 is 0. The average Bonchev–Trinajstić information content (AvgIpc) is 2.85. The highest BCUT2D eigenvalue weighted by Gasteiger charge is 2.14. The molecule has 0 aliphatic heterocycles. The Labute approximate surface area is 110 Å². The van der Waals surface area contributed by atoms with E-state index in [4.69, 9.17) is 5.73 Å². The SMILES string of the molecule is CSCC[C@H](N)C(=O)Nc1cccc2cn[nH]c12. The Morgan fingerprint density at radius 1 is 1.61 bits per heavy atom. The minimum atomic E-state index is -0.476. The third kappa shape index (κ3) is 2.83. The first-order valence-corrected chi connectivity index (χ1v) is 7.09. The zero-order valence-corrected chi connectivity index (χ0v) is 11.0. The number of carbonyl (C=O) groups excluding carboxylic acids is 1. The normalized spacial score (nSPS) is 12.6. The number of hydrogen-bond acceptors (Lipinski definition) is 4. The Kier molecular flexibility index (Phi) is 4.22. The number of nitrogens with zero attached hydrogens (tertiary/aromatic N) is 1. The van der Waals surface area contributed by atoms with E-state index < -0.39 is 6.04 Å². The van der Waals surface area contributed by atoms with Crippen LogP contribution in [0.4, 0.5) is 5.69 Å². The van der Waals surface area contributed by atoms with Crippen molar-refractivity contribution in [1.29, 1.82) is 0 Å². The van der Waals surface area contributed by atoms with Crippen LogP contribution in [0.2, 0.25) is 0 Å². The Morgan fingerprint density at radius 3 is 3.22 bits per heavy atom. The van der Waals surface area contributed by atoms with Crippen molar-refractivity contribution in [2.75, 3.05) is 17.3 Å². The third-order valence-electron chi connectivity index (χ3n) is 2.70. The molecule has 0 saturated carbocycles. The van der Waals surface area contributed by atoms with Crippen LogP contribution in [0, 0.1) is 0 Å². The number of para-hydroxylation sites is 1. The highest BCUT2D eigenvalue weighted by molar-refractivity contribution is 7.98. The van der Waals surface area contributed by atoms with Crippen molar-refractivity contribution in [3.63, 3.8) is 0 Å². The standard InChI is InChI=1S/C12H16N4OS/c1-18-6-5-9(13)12(17)15-10-4-2-3-8-7-14-16-11(8)10/h2-4,7,9H,5-6,13H2,1H3,(H,14,16)(H,15,17)/t9-/m0/s1. The van der Waals surface area contributed by atoms with Crippen LogP contribution in [0.5, 0.6) is 0 Å². The number of carbonyl (C=O) groups is 1. The fraction of sp³-hybridized carbons (Fsp3) is 0.333. The van der Waals surface area contributed by atoms with Crippen LogP contribution < -0.4 is 11.1 Å².